The fourth-order valence-electron chi connectivity index (χ4n) is 1.69. The van der Waals surface area contributed by atoms with Crippen molar-refractivity contribution < 1.29 is 9.13 Å². The van der Waals surface area contributed by atoms with Crippen molar-refractivity contribution in [1.82, 2.24) is 0 Å². The Hall–Kier alpha value is -1.37. The van der Waals surface area contributed by atoms with Gasteiger partial charge in [0.15, 0.2) is 0 Å². The summed E-state index contributed by atoms with van der Waals surface area (Å²) >= 11 is 0. The van der Waals surface area contributed by atoms with Gasteiger partial charge >= 0.3 is 0 Å². The molecule has 2 nitrogen and oxygen atoms in total. The van der Waals surface area contributed by atoms with Gasteiger partial charge < -0.3 is 10.5 Å². The van der Waals surface area contributed by atoms with Gasteiger partial charge in [0.05, 0.1) is 18.7 Å². The lowest BCUT2D eigenvalue weighted by Crippen LogP contribution is -1.99. The minimum atomic E-state index is -0.315. The Balaban J connectivity index is 2.46. The molecule has 0 unspecified atom stereocenters. The van der Waals surface area contributed by atoms with E-state index in [0.717, 1.165) is 25.0 Å². The zero-order valence-corrected chi connectivity index (χ0v) is 11.7. The highest BCUT2D eigenvalue weighted by Gasteiger charge is 2.01. The van der Waals surface area contributed by atoms with E-state index in [1.54, 1.807) is 12.1 Å². The maximum atomic E-state index is 13.4. The second-order valence-electron chi connectivity index (χ2n) is 4.91. The molecule has 0 aromatic heterocycles. The van der Waals surface area contributed by atoms with E-state index in [9.17, 15) is 4.39 Å². The van der Waals surface area contributed by atoms with Crippen LogP contribution in [-0.2, 0) is 11.3 Å². The smallest absolute Gasteiger partial charge is 0.138 e. The molecule has 104 valence electrons. The van der Waals surface area contributed by atoms with Crippen LogP contribution in [0.15, 0.2) is 18.2 Å². The van der Waals surface area contributed by atoms with E-state index in [0.29, 0.717) is 18.1 Å². The quantitative estimate of drug-likeness (QED) is 0.632. The topological polar surface area (TPSA) is 35.2 Å². The van der Waals surface area contributed by atoms with Crippen molar-refractivity contribution in [2.24, 2.45) is 11.7 Å². The fourth-order valence-corrected chi connectivity index (χ4v) is 1.69. The van der Waals surface area contributed by atoms with Crippen LogP contribution < -0.4 is 5.73 Å². The third-order valence-corrected chi connectivity index (χ3v) is 2.69. The summed E-state index contributed by atoms with van der Waals surface area (Å²) in [5, 5.41) is 0. The lowest BCUT2D eigenvalue weighted by molar-refractivity contribution is 0.115. The molecule has 2 N–H and O–H groups in total. The predicted octanol–water partition coefficient (Wildman–Crippen LogP) is 3.09. The Morgan fingerprint density at radius 3 is 2.84 bits per heavy atom. The number of halogens is 1. The Morgan fingerprint density at radius 1 is 1.37 bits per heavy atom. The van der Waals surface area contributed by atoms with Crippen LogP contribution in [0.3, 0.4) is 0 Å². The summed E-state index contributed by atoms with van der Waals surface area (Å²) in [6.45, 7) is 5.86. The molecular weight excluding hydrogens is 241 g/mol. The molecule has 3 heteroatoms. The maximum Gasteiger partial charge on any atom is 0.138 e. The van der Waals surface area contributed by atoms with Gasteiger partial charge in [-0.3, -0.25) is 0 Å². The highest BCUT2D eigenvalue weighted by molar-refractivity contribution is 5.38. The van der Waals surface area contributed by atoms with E-state index in [1.165, 1.54) is 6.07 Å². The summed E-state index contributed by atoms with van der Waals surface area (Å²) in [4.78, 5) is 0. The van der Waals surface area contributed by atoms with E-state index in [4.69, 9.17) is 10.5 Å². The standard InChI is InChI=1S/C16H22FNO/c1-13(2)5-4-10-19-12-14-7-8-16(17)15(11-14)6-3-9-18/h7-8,11,13H,4-5,9-10,12,18H2,1-2H3. The first-order chi connectivity index (χ1) is 9.13. The van der Waals surface area contributed by atoms with Crippen LogP contribution in [0.4, 0.5) is 4.39 Å². The largest absolute Gasteiger partial charge is 0.377 e. The zero-order valence-electron chi connectivity index (χ0n) is 11.7. The number of hydrogen-bond donors (Lipinski definition) is 1. The Morgan fingerprint density at radius 2 is 2.16 bits per heavy atom. The summed E-state index contributed by atoms with van der Waals surface area (Å²) in [5.41, 5.74) is 6.60. The van der Waals surface area contributed by atoms with Crippen LogP contribution in [0.2, 0.25) is 0 Å². The Kier molecular flexibility index (Phi) is 7.17. The highest BCUT2D eigenvalue weighted by atomic mass is 19.1. The average Bonchev–Trinajstić information content (AvgIpc) is 2.38. The van der Waals surface area contributed by atoms with Gasteiger partial charge in [0, 0.05) is 6.61 Å². The molecule has 1 rings (SSSR count). The first-order valence-electron chi connectivity index (χ1n) is 6.68. The molecule has 0 aliphatic carbocycles. The van der Waals surface area contributed by atoms with Crippen molar-refractivity contribution in [3.63, 3.8) is 0 Å². The SMILES string of the molecule is CC(C)CCCOCc1ccc(F)c(C#CCN)c1. The zero-order chi connectivity index (χ0) is 14.1. The summed E-state index contributed by atoms with van der Waals surface area (Å²) in [7, 11) is 0. The number of rotatable bonds is 6. The molecule has 0 heterocycles. The summed E-state index contributed by atoms with van der Waals surface area (Å²) in [6.07, 6.45) is 2.22. The Bertz CT molecular complexity index is 446. The van der Waals surface area contributed by atoms with E-state index in [1.807, 2.05) is 0 Å². The lowest BCUT2D eigenvalue weighted by Gasteiger charge is -2.07. The second-order valence-corrected chi connectivity index (χ2v) is 4.91. The molecule has 0 saturated heterocycles. The summed E-state index contributed by atoms with van der Waals surface area (Å²) in [6, 6.07) is 4.87. The van der Waals surface area contributed by atoms with Crippen LogP contribution >= 0.6 is 0 Å². The van der Waals surface area contributed by atoms with Crippen LogP contribution in [-0.4, -0.2) is 13.2 Å². The molecule has 0 bridgehead atoms. The monoisotopic (exact) mass is 263 g/mol. The second kappa shape index (κ2) is 8.68. The number of nitrogens with two attached hydrogens (primary N) is 1. The molecule has 0 fully saturated rings. The highest BCUT2D eigenvalue weighted by Crippen LogP contribution is 2.11. The van der Waals surface area contributed by atoms with Crippen LogP contribution in [0.1, 0.15) is 37.8 Å². The molecule has 0 aliphatic heterocycles. The van der Waals surface area contributed by atoms with E-state index in [2.05, 4.69) is 25.7 Å². The van der Waals surface area contributed by atoms with Gasteiger partial charge in [0.25, 0.3) is 0 Å². The third-order valence-electron chi connectivity index (χ3n) is 2.69. The van der Waals surface area contributed by atoms with Crippen molar-refractivity contribution in [3.8, 4) is 11.8 Å². The van der Waals surface area contributed by atoms with E-state index in [-0.39, 0.29) is 12.4 Å². The lowest BCUT2D eigenvalue weighted by atomic mass is 10.1. The number of hydrogen-bond acceptors (Lipinski definition) is 2. The third kappa shape index (κ3) is 6.37. The molecule has 0 radical (unpaired) electrons. The van der Waals surface area contributed by atoms with Gasteiger partial charge in [0.1, 0.15) is 5.82 Å². The molecule has 1 aromatic carbocycles. The van der Waals surface area contributed by atoms with Crippen molar-refractivity contribution in [3.05, 3.63) is 35.1 Å². The van der Waals surface area contributed by atoms with Gasteiger partial charge in [-0.2, -0.15) is 0 Å². The first kappa shape index (κ1) is 15.7. The number of benzene rings is 1. The minimum Gasteiger partial charge on any atom is -0.377 e. The van der Waals surface area contributed by atoms with Crippen molar-refractivity contribution in [2.75, 3.05) is 13.2 Å². The van der Waals surface area contributed by atoms with E-state index < -0.39 is 0 Å². The minimum absolute atomic E-state index is 0.232. The van der Waals surface area contributed by atoms with Crippen LogP contribution in [0.5, 0.6) is 0 Å². The van der Waals surface area contributed by atoms with Crippen LogP contribution in [0.25, 0.3) is 0 Å². The molecule has 0 saturated carbocycles. The fraction of sp³-hybridized carbons (Fsp3) is 0.500. The van der Waals surface area contributed by atoms with Gasteiger partial charge in [-0.05, 0) is 36.5 Å². The van der Waals surface area contributed by atoms with Crippen molar-refractivity contribution >= 4 is 0 Å². The molecular formula is C16H22FNO. The Labute approximate surface area is 115 Å². The molecule has 1 aromatic rings. The van der Waals surface area contributed by atoms with Crippen molar-refractivity contribution in [2.45, 2.75) is 33.3 Å². The molecule has 0 atom stereocenters. The van der Waals surface area contributed by atoms with Gasteiger partial charge in [-0.15, -0.1) is 0 Å². The van der Waals surface area contributed by atoms with Gasteiger partial charge in [-0.1, -0.05) is 31.8 Å². The van der Waals surface area contributed by atoms with Crippen molar-refractivity contribution in [1.29, 1.82) is 0 Å². The molecule has 19 heavy (non-hydrogen) atoms. The normalized spacial score (nSPS) is 10.4. The van der Waals surface area contributed by atoms with Gasteiger partial charge in [-0.25, -0.2) is 4.39 Å². The van der Waals surface area contributed by atoms with Gasteiger partial charge in [0.2, 0.25) is 0 Å². The first-order valence-corrected chi connectivity index (χ1v) is 6.68. The van der Waals surface area contributed by atoms with Crippen LogP contribution in [0, 0.1) is 23.6 Å². The summed E-state index contributed by atoms with van der Waals surface area (Å²) < 4.78 is 19.0. The number of ether oxygens (including phenoxy) is 1. The van der Waals surface area contributed by atoms with E-state index >= 15 is 0 Å². The molecule has 0 amide bonds. The maximum absolute atomic E-state index is 13.4. The average molecular weight is 263 g/mol. The molecule has 0 aliphatic rings. The summed E-state index contributed by atoms with van der Waals surface area (Å²) in [5.74, 6) is 5.77. The molecule has 0 spiro atoms. The predicted molar refractivity (Wildman–Crippen MR) is 76.1 cm³/mol.